The van der Waals surface area contributed by atoms with Crippen molar-refractivity contribution in [2.75, 3.05) is 7.11 Å². The SMILES string of the molecule is CCc1c(C#N)c2cc(OC)cnc2n1C1CCC1. The number of hydrogen-bond acceptors (Lipinski definition) is 3. The lowest BCUT2D eigenvalue weighted by Crippen LogP contribution is -2.19. The zero-order valence-corrected chi connectivity index (χ0v) is 11.3. The number of pyridine rings is 1. The molecule has 2 heterocycles. The zero-order valence-electron chi connectivity index (χ0n) is 11.3. The predicted octanol–water partition coefficient (Wildman–Crippen LogP) is 3.20. The lowest BCUT2D eigenvalue weighted by atomic mass is 9.92. The molecule has 4 nitrogen and oxygen atoms in total. The fraction of sp³-hybridized carbons (Fsp3) is 0.467. The van der Waals surface area contributed by atoms with Gasteiger partial charge in [-0.25, -0.2) is 4.98 Å². The summed E-state index contributed by atoms with van der Waals surface area (Å²) in [7, 11) is 1.62. The molecular weight excluding hydrogens is 238 g/mol. The first-order valence-corrected chi connectivity index (χ1v) is 6.77. The van der Waals surface area contributed by atoms with Gasteiger partial charge in [-0.15, -0.1) is 0 Å². The molecule has 98 valence electrons. The molecule has 4 heteroatoms. The van der Waals surface area contributed by atoms with E-state index in [1.54, 1.807) is 13.3 Å². The number of aromatic nitrogens is 2. The van der Waals surface area contributed by atoms with Crippen LogP contribution in [0.4, 0.5) is 0 Å². The minimum atomic E-state index is 0.514. The lowest BCUT2D eigenvalue weighted by molar-refractivity contribution is 0.314. The maximum absolute atomic E-state index is 9.47. The second-order valence-corrected chi connectivity index (χ2v) is 4.99. The van der Waals surface area contributed by atoms with Crippen LogP contribution in [0.2, 0.25) is 0 Å². The molecule has 1 fully saturated rings. The average Bonchev–Trinajstić information content (AvgIpc) is 2.69. The van der Waals surface area contributed by atoms with E-state index in [9.17, 15) is 5.26 Å². The van der Waals surface area contributed by atoms with Gasteiger partial charge in [-0.1, -0.05) is 6.92 Å². The Hall–Kier alpha value is -2.02. The molecule has 0 aliphatic heterocycles. The van der Waals surface area contributed by atoms with Crippen LogP contribution in [0.1, 0.15) is 43.5 Å². The highest BCUT2D eigenvalue weighted by Gasteiger charge is 2.27. The van der Waals surface area contributed by atoms with Gasteiger partial charge >= 0.3 is 0 Å². The molecule has 19 heavy (non-hydrogen) atoms. The van der Waals surface area contributed by atoms with Crippen molar-refractivity contribution in [3.63, 3.8) is 0 Å². The van der Waals surface area contributed by atoms with Crippen LogP contribution in [0.3, 0.4) is 0 Å². The number of methoxy groups -OCH3 is 1. The Balaban J connectivity index is 2.31. The maximum atomic E-state index is 9.47. The zero-order chi connectivity index (χ0) is 13.4. The summed E-state index contributed by atoms with van der Waals surface area (Å²) in [6.07, 6.45) is 6.24. The van der Waals surface area contributed by atoms with Gasteiger partial charge < -0.3 is 9.30 Å². The average molecular weight is 255 g/mol. The van der Waals surface area contributed by atoms with Gasteiger partial charge in [0.2, 0.25) is 0 Å². The van der Waals surface area contributed by atoms with Crippen LogP contribution in [0.15, 0.2) is 12.3 Å². The summed E-state index contributed by atoms with van der Waals surface area (Å²) in [6.45, 7) is 2.10. The maximum Gasteiger partial charge on any atom is 0.141 e. The van der Waals surface area contributed by atoms with Gasteiger partial charge in [-0.2, -0.15) is 5.26 Å². The molecular formula is C15H17N3O. The predicted molar refractivity (Wildman–Crippen MR) is 73.3 cm³/mol. The number of nitriles is 1. The van der Waals surface area contributed by atoms with E-state index in [4.69, 9.17) is 4.74 Å². The number of ether oxygens (including phenoxy) is 1. The summed E-state index contributed by atoms with van der Waals surface area (Å²) >= 11 is 0. The second kappa shape index (κ2) is 4.58. The molecule has 1 aliphatic rings. The monoisotopic (exact) mass is 255 g/mol. The van der Waals surface area contributed by atoms with Gasteiger partial charge in [0.1, 0.15) is 17.5 Å². The molecule has 0 N–H and O–H groups in total. The normalized spacial score (nSPS) is 15.2. The minimum absolute atomic E-state index is 0.514. The summed E-state index contributed by atoms with van der Waals surface area (Å²) in [6, 6.07) is 4.79. The van der Waals surface area contributed by atoms with E-state index >= 15 is 0 Å². The van der Waals surface area contributed by atoms with Gasteiger partial charge in [0.25, 0.3) is 0 Å². The van der Waals surface area contributed by atoms with Crippen LogP contribution in [0, 0.1) is 11.3 Å². The Bertz CT molecular complexity index is 662. The third-order valence-corrected chi connectivity index (χ3v) is 4.04. The fourth-order valence-electron chi connectivity index (χ4n) is 2.84. The van der Waals surface area contributed by atoms with Crippen LogP contribution in [0.25, 0.3) is 11.0 Å². The topological polar surface area (TPSA) is 50.8 Å². The van der Waals surface area contributed by atoms with Crippen molar-refractivity contribution in [2.45, 2.75) is 38.6 Å². The molecule has 0 atom stereocenters. The van der Waals surface area contributed by atoms with E-state index in [1.165, 1.54) is 19.3 Å². The summed E-state index contributed by atoms with van der Waals surface area (Å²) in [5.74, 6) is 0.706. The number of nitrogens with zero attached hydrogens (tertiary/aromatic N) is 3. The van der Waals surface area contributed by atoms with Gasteiger partial charge in [-0.3, -0.25) is 0 Å². The first-order valence-electron chi connectivity index (χ1n) is 6.77. The molecule has 3 rings (SSSR count). The van der Waals surface area contributed by atoms with Crippen molar-refractivity contribution in [1.29, 1.82) is 5.26 Å². The van der Waals surface area contributed by atoms with Crippen LogP contribution >= 0.6 is 0 Å². The molecule has 0 radical (unpaired) electrons. The Morgan fingerprint density at radius 1 is 1.53 bits per heavy atom. The Kier molecular flexibility index (Phi) is 2.90. The quantitative estimate of drug-likeness (QED) is 0.846. The van der Waals surface area contributed by atoms with Crippen molar-refractivity contribution < 1.29 is 4.74 Å². The van der Waals surface area contributed by atoms with Crippen LogP contribution in [0.5, 0.6) is 5.75 Å². The van der Waals surface area contributed by atoms with E-state index in [2.05, 4.69) is 22.5 Å². The van der Waals surface area contributed by atoms with E-state index in [0.717, 1.165) is 28.7 Å². The highest BCUT2D eigenvalue weighted by atomic mass is 16.5. The number of fused-ring (bicyclic) bond motifs is 1. The van der Waals surface area contributed by atoms with Crippen molar-refractivity contribution in [2.24, 2.45) is 0 Å². The molecule has 0 spiro atoms. The molecule has 0 bridgehead atoms. The molecule has 1 aliphatic carbocycles. The third-order valence-electron chi connectivity index (χ3n) is 4.04. The molecule has 0 aromatic carbocycles. The van der Waals surface area contributed by atoms with Crippen LogP contribution in [-0.4, -0.2) is 16.7 Å². The highest BCUT2D eigenvalue weighted by Crippen LogP contribution is 2.38. The van der Waals surface area contributed by atoms with Gasteiger partial charge in [-0.05, 0) is 31.7 Å². The van der Waals surface area contributed by atoms with Gasteiger partial charge in [0, 0.05) is 17.1 Å². The highest BCUT2D eigenvalue weighted by molar-refractivity contribution is 5.86. The largest absolute Gasteiger partial charge is 0.495 e. The number of hydrogen-bond donors (Lipinski definition) is 0. The van der Waals surface area contributed by atoms with Crippen LogP contribution < -0.4 is 4.74 Å². The standard InChI is InChI=1S/C15H17N3O/c1-3-14-13(8-16)12-7-11(19-2)9-17-15(12)18(14)10-5-4-6-10/h7,9-10H,3-6H2,1-2H3. The van der Waals surface area contributed by atoms with Crippen molar-refractivity contribution in [1.82, 2.24) is 9.55 Å². The Labute approximate surface area is 112 Å². The molecule has 0 saturated heterocycles. The third kappa shape index (κ3) is 1.69. The molecule has 0 unspecified atom stereocenters. The van der Waals surface area contributed by atoms with E-state index < -0.39 is 0 Å². The summed E-state index contributed by atoms with van der Waals surface area (Å²) in [5.41, 5.74) is 2.80. The Morgan fingerprint density at radius 3 is 2.84 bits per heavy atom. The lowest BCUT2D eigenvalue weighted by Gasteiger charge is -2.29. The van der Waals surface area contributed by atoms with Gasteiger partial charge in [0.15, 0.2) is 0 Å². The second-order valence-electron chi connectivity index (χ2n) is 4.99. The van der Waals surface area contributed by atoms with Crippen molar-refractivity contribution in [3.05, 3.63) is 23.5 Å². The van der Waals surface area contributed by atoms with E-state index in [0.29, 0.717) is 11.8 Å². The molecule has 2 aromatic rings. The summed E-state index contributed by atoms with van der Waals surface area (Å²) in [4.78, 5) is 4.52. The Morgan fingerprint density at radius 2 is 2.32 bits per heavy atom. The minimum Gasteiger partial charge on any atom is -0.495 e. The number of rotatable bonds is 3. The first kappa shape index (κ1) is 12.0. The molecule has 1 saturated carbocycles. The molecule has 0 amide bonds. The summed E-state index contributed by atoms with van der Waals surface area (Å²) in [5, 5.41) is 10.4. The van der Waals surface area contributed by atoms with Gasteiger partial charge in [0.05, 0.1) is 18.9 Å². The first-order chi connectivity index (χ1) is 9.30. The smallest absolute Gasteiger partial charge is 0.141 e. The fourth-order valence-corrected chi connectivity index (χ4v) is 2.84. The van der Waals surface area contributed by atoms with Crippen LogP contribution in [-0.2, 0) is 6.42 Å². The van der Waals surface area contributed by atoms with Crippen molar-refractivity contribution in [3.8, 4) is 11.8 Å². The van der Waals surface area contributed by atoms with Crippen molar-refractivity contribution >= 4 is 11.0 Å². The van der Waals surface area contributed by atoms with E-state index in [1.807, 2.05) is 6.07 Å². The summed E-state index contributed by atoms with van der Waals surface area (Å²) < 4.78 is 7.50. The van der Waals surface area contributed by atoms with E-state index in [-0.39, 0.29) is 0 Å². The molecule has 2 aromatic heterocycles.